The van der Waals surface area contributed by atoms with Gasteiger partial charge in [0.15, 0.2) is 5.82 Å². The molecule has 0 bridgehead atoms. The van der Waals surface area contributed by atoms with Crippen molar-refractivity contribution >= 4 is 5.91 Å². The van der Waals surface area contributed by atoms with Crippen LogP contribution in [0.1, 0.15) is 29.0 Å². The van der Waals surface area contributed by atoms with E-state index in [1.165, 1.54) is 19.2 Å². The Bertz CT molecular complexity index is 624. The average Bonchev–Trinajstić information content (AvgIpc) is 2.94. The Labute approximate surface area is 121 Å². The van der Waals surface area contributed by atoms with Gasteiger partial charge in [-0.25, -0.2) is 0 Å². The molecule has 0 aliphatic rings. The molecule has 2 N–H and O–H groups in total. The molecule has 0 saturated carbocycles. The molecule has 1 heterocycles. The zero-order chi connectivity index (χ0) is 15.2. The van der Waals surface area contributed by atoms with Crippen LogP contribution in [-0.2, 0) is 12.8 Å². The maximum atomic E-state index is 11.9. The highest BCUT2D eigenvalue weighted by molar-refractivity contribution is 5.96. The van der Waals surface area contributed by atoms with E-state index >= 15 is 0 Å². The summed E-state index contributed by atoms with van der Waals surface area (Å²) in [6, 6.07) is 4.51. The van der Waals surface area contributed by atoms with Gasteiger partial charge in [-0.2, -0.15) is 4.98 Å². The van der Waals surface area contributed by atoms with Gasteiger partial charge in [0.25, 0.3) is 5.91 Å². The SMILES string of the molecule is CCc1nc(CCNC(=O)c2ccc(OC)cc2O)no1. The van der Waals surface area contributed by atoms with Crippen LogP contribution >= 0.6 is 0 Å². The number of amides is 1. The quantitative estimate of drug-likeness (QED) is 0.833. The zero-order valence-electron chi connectivity index (χ0n) is 11.9. The maximum Gasteiger partial charge on any atom is 0.255 e. The Morgan fingerprint density at radius 1 is 1.48 bits per heavy atom. The number of aryl methyl sites for hydroxylation is 1. The second-order valence-corrected chi connectivity index (χ2v) is 4.35. The second kappa shape index (κ2) is 6.74. The number of benzene rings is 1. The molecule has 0 radical (unpaired) electrons. The molecule has 1 amide bonds. The summed E-state index contributed by atoms with van der Waals surface area (Å²) in [5.74, 6) is 1.12. The topological polar surface area (TPSA) is 97.5 Å². The molecular weight excluding hydrogens is 274 g/mol. The third-order valence-electron chi connectivity index (χ3n) is 2.90. The van der Waals surface area contributed by atoms with Gasteiger partial charge in [-0.1, -0.05) is 12.1 Å². The second-order valence-electron chi connectivity index (χ2n) is 4.35. The number of nitrogens with one attached hydrogen (secondary N) is 1. The third-order valence-corrected chi connectivity index (χ3v) is 2.90. The number of carbonyl (C=O) groups is 1. The van der Waals surface area contributed by atoms with Gasteiger partial charge >= 0.3 is 0 Å². The summed E-state index contributed by atoms with van der Waals surface area (Å²) in [5, 5.41) is 16.2. The predicted molar refractivity (Wildman–Crippen MR) is 74.4 cm³/mol. The third kappa shape index (κ3) is 3.71. The summed E-state index contributed by atoms with van der Waals surface area (Å²) in [5.41, 5.74) is 0.193. The largest absolute Gasteiger partial charge is 0.507 e. The van der Waals surface area contributed by atoms with Gasteiger partial charge in [-0.3, -0.25) is 4.79 Å². The zero-order valence-corrected chi connectivity index (χ0v) is 11.9. The lowest BCUT2D eigenvalue weighted by atomic mass is 10.1. The van der Waals surface area contributed by atoms with E-state index in [2.05, 4.69) is 15.5 Å². The number of methoxy groups -OCH3 is 1. The predicted octanol–water partition coefficient (Wildman–Crippen LogP) is 1.32. The normalized spacial score (nSPS) is 10.4. The van der Waals surface area contributed by atoms with Crippen LogP contribution < -0.4 is 10.1 Å². The number of ether oxygens (including phenoxy) is 1. The highest BCUT2D eigenvalue weighted by Gasteiger charge is 2.12. The molecule has 0 unspecified atom stereocenters. The molecule has 0 aliphatic carbocycles. The van der Waals surface area contributed by atoms with Crippen molar-refractivity contribution in [2.24, 2.45) is 0 Å². The minimum Gasteiger partial charge on any atom is -0.507 e. The van der Waals surface area contributed by atoms with E-state index in [1.807, 2.05) is 6.92 Å². The number of nitrogens with zero attached hydrogens (tertiary/aromatic N) is 2. The molecule has 0 spiro atoms. The molecule has 7 nitrogen and oxygen atoms in total. The van der Waals surface area contributed by atoms with Crippen molar-refractivity contribution < 1.29 is 19.2 Å². The van der Waals surface area contributed by atoms with E-state index in [9.17, 15) is 9.90 Å². The first-order chi connectivity index (χ1) is 10.1. The fourth-order valence-electron chi connectivity index (χ4n) is 1.75. The molecule has 1 aromatic heterocycles. The van der Waals surface area contributed by atoms with Crippen LogP contribution in [0.5, 0.6) is 11.5 Å². The molecule has 112 valence electrons. The fourth-order valence-corrected chi connectivity index (χ4v) is 1.75. The van der Waals surface area contributed by atoms with Crippen molar-refractivity contribution in [3.63, 3.8) is 0 Å². The van der Waals surface area contributed by atoms with E-state index in [1.54, 1.807) is 6.07 Å². The van der Waals surface area contributed by atoms with Crippen LogP contribution in [-0.4, -0.2) is 34.8 Å². The first-order valence-electron chi connectivity index (χ1n) is 6.60. The molecule has 2 rings (SSSR count). The molecule has 0 aliphatic heterocycles. The van der Waals surface area contributed by atoms with Crippen LogP contribution in [0.15, 0.2) is 22.7 Å². The van der Waals surface area contributed by atoms with Gasteiger partial charge in [0, 0.05) is 25.5 Å². The number of phenols is 1. The lowest BCUT2D eigenvalue weighted by molar-refractivity contribution is 0.0951. The number of hydrogen-bond donors (Lipinski definition) is 2. The first-order valence-corrected chi connectivity index (χ1v) is 6.60. The van der Waals surface area contributed by atoms with Gasteiger partial charge in [-0.05, 0) is 12.1 Å². The molecule has 0 saturated heterocycles. The number of phenolic OH excluding ortho intramolecular Hbond substituents is 1. The van der Waals surface area contributed by atoms with Gasteiger partial charge in [0.05, 0.1) is 12.7 Å². The van der Waals surface area contributed by atoms with Crippen LogP contribution in [0.2, 0.25) is 0 Å². The molecule has 0 atom stereocenters. The Kier molecular flexibility index (Phi) is 4.76. The summed E-state index contributed by atoms with van der Waals surface area (Å²) >= 11 is 0. The summed E-state index contributed by atoms with van der Waals surface area (Å²) in [6.07, 6.45) is 1.14. The first kappa shape index (κ1) is 14.8. The highest BCUT2D eigenvalue weighted by atomic mass is 16.5. The Balaban J connectivity index is 1.89. The summed E-state index contributed by atoms with van der Waals surface area (Å²) in [4.78, 5) is 16.1. The van der Waals surface area contributed by atoms with Crippen molar-refractivity contribution in [2.45, 2.75) is 19.8 Å². The van der Waals surface area contributed by atoms with Crippen molar-refractivity contribution in [2.75, 3.05) is 13.7 Å². The Morgan fingerprint density at radius 3 is 2.90 bits per heavy atom. The number of hydrogen-bond acceptors (Lipinski definition) is 6. The molecule has 21 heavy (non-hydrogen) atoms. The van der Waals surface area contributed by atoms with Crippen molar-refractivity contribution in [1.29, 1.82) is 0 Å². The van der Waals surface area contributed by atoms with E-state index in [4.69, 9.17) is 9.26 Å². The minimum absolute atomic E-state index is 0.125. The highest BCUT2D eigenvalue weighted by Crippen LogP contribution is 2.23. The summed E-state index contributed by atoms with van der Waals surface area (Å²) < 4.78 is 9.94. The van der Waals surface area contributed by atoms with Gasteiger partial charge in [0.1, 0.15) is 11.5 Å². The Morgan fingerprint density at radius 2 is 2.29 bits per heavy atom. The average molecular weight is 291 g/mol. The monoisotopic (exact) mass is 291 g/mol. The van der Waals surface area contributed by atoms with E-state index in [-0.39, 0.29) is 17.2 Å². The van der Waals surface area contributed by atoms with Crippen LogP contribution in [0.25, 0.3) is 0 Å². The van der Waals surface area contributed by atoms with E-state index in [0.717, 1.165) is 0 Å². The minimum atomic E-state index is -0.366. The molecule has 1 aromatic carbocycles. The number of carbonyl (C=O) groups excluding carboxylic acids is 1. The lowest BCUT2D eigenvalue weighted by Gasteiger charge is -2.07. The molecular formula is C14H17N3O4. The Hall–Kier alpha value is -2.57. The van der Waals surface area contributed by atoms with Crippen LogP contribution in [0.3, 0.4) is 0 Å². The van der Waals surface area contributed by atoms with Crippen molar-refractivity contribution in [1.82, 2.24) is 15.5 Å². The molecule has 7 heteroatoms. The number of rotatable bonds is 6. The summed E-state index contributed by atoms with van der Waals surface area (Å²) in [7, 11) is 1.49. The summed E-state index contributed by atoms with van der Waals surface area (Å²) in [6.45, 7) is 2.28. The van der Waals surface area contributed by atoms with E-state index in [0.29, 0.717) is 36.9 Å². The van der Waals surface area contributed by atoms with Crippen molar-refractivity contribution in [3.8, 4) is 11.5 Å². The van der Waals surface area contributed by atoms with Crippen LogP contribution in [0.4, 0.5) is 0 Å². The molecule has 2 aromatic rings. The van der Waals surface area contributed by atoms with Crippen molar-refractivity contribution in [3.05, 3.63) is 35.5 Å². The number of aromatic hydroxyl groups is 1. The van der Waals surface area contributed by atoms with Gasteiger partial charge in [-0.15, -0.1) is 0 Å². The molecule has 0 fully saturated rings. The smallest absolute Gasteiger partial charge is 0.255 e. The van der Waals surface area contributed by atoms with Gasteiger partial charge in [0.2, 0.25) is 5.89 Å². The van der Waals surface area contributed by atoms with Crippen LogP contribution in [0, 0.1) is 0 Å². The van der Waals surface area contributed by atoms with E-state index < -0.39 is 0 Å². The fraction of sp³-hybridized carbons (Fsp3) is 0.357. The number of aromatic nitrogens is 2. The standard InChI is InChI=1S/C14H17N3O4/c1-3-13-16-12(17-21-13)6-7-15-14(19)10-5-4-9(20-2)8-11(10)18/h4-5,8,18H,3,6-7H2,1-2H3,(H,15,19). The lowest BCUT2D eigenvalue weighted by Crippen LogP contribution is -2.26. The van der Waals surface area contributed by atoms with Gasteiger partial charge < -0.3 is 19.7 Å². The maximum absolute atomic E-state index is 11.9.